The van der Waals surface area contributed by atoms with Gasteiger partial charge in [0.2, 0.25) is 0 Å². The van der Waals surface area contributed by atoms with Crippen LogP contribution in [0.5, 0.6) is 0 Å². The molecule has 0 amide bonds. The van der Waals surface area contributed by atoms with Crippen molar-refractivity contribution in [2.45, 2.75) is 31.8 Å². The maximum atomic E-state index is 12.5. The predicted molar refractivity (Wildman–Crippen MR) is 65.2 cm³/mol. The minimum atomic E-state index is -3.51. The van der Waals surface area contributed by atoms with Crippen molar-refractivity contribution in [2.24, 2.45) is 0 Å². The molecule has 20 heavy (non-hydrogen) atoms. The van der Waals surface area contributed by atoms with Crippen LogP contribution in [0, 0.1) is 0 Å². The van der Waals surface area contributed by atoms with Gasteiger partial charge in [-0.2, -0.15) is 13.0 Å². The van der Waals surface area contributed by atoms with E-state index in [0.29, 0.717) is 11.4 Å². The van der Waals surface area contributed by atoms with E-state index in [1.54, 1.807) is 47.7 Å². The van der Waals surface area contributed by atoms with Crippen molar-refractivity contribution in [3.8, 4) is 0 Å². The summed E-state index contributed by atoms with van der Waals surface area (Å²) in [5.41, 5.74) is 0. The van der Waals surface area contributed by atoms with Crippen molar-refractivity contribution in [3.63, 3.8) is 0 Å². The van der Waals surface area contributed by atoms with E-state index in [1.807, 2.05) is 18.4 Å². The Morgan fingerprint density at radius 2 is 1.65 bits per heavy atom. The first-order valence-electron chi connectivity index (χ1n) is 5.91. The van der Waals surface area contributed by atoms with Gasteiger partial charge in [-0.15, -0.1) is 0 Å². The molecule has 0 saturated heterocycles. The molecular formula is C12H17Br2N3O2S. The molecule has 1 aromatic heterocycles. The van der Waals surface area contributed by atoms with Crippen LogP contribution in [0.25, 0.3) is 0 Å². The van der Waals surface area contributed by atoms with Gasteiger partial charge in [-0.3, -0.25) is 0 Å². The Hall–Kier alpha value is -0.730. The molecule has 5 nitrogen and oxygen atoms in total. The van der Waals surface area contributed by atoms with E-state index >= 15 is 0 Å². The lowest BCUT2D eigenvalue weighted by molar-refractivity contribution is -0.817. The average molecular weight is 427 g/mol. The van der Waals surface area contributed by atoms with Crippen LogP contribution in [-0.4, -0.2) is 12.5 Å². The first-order chi connectivity index (χ1) is 8.59. The van der Waals surface area contributed by atoms with Gasteiger partial charge in [-0.05, 0) is 30.7 Å². The zero-order valence-corrected chi connectivity index (χ0v) is 15.3. The van der Waals surface area contributed by atoms with Crippen LogP contribution in [0.1, 0.15) is 13.8 Å². The van der Waals surface area contributed by atoms with Crippen LogP contribution < -0.4 is 43.2 Å². The molecule has 2 rings (SSSR count). The van der Waals surface area contributed by atoms with Gasteiger partial charge in [0.25, 0.3) is 0 Å². The maximum Gasteiger partial charge on any atom is 0.398 e. The van der Waals surface area contributed by atoms with Gasteiger partial charge < -0.3 is 34.0 Å². The summed E-state index contributed by atoms with van der Waals surface area (Å²) in [7, 11) is -3.51. The second-order valence-corrected chi connectivity index (χ2v) is 5.70. The van der Waals surface area contributed by atoms with Crippen LogP contribution in [-0.2, 0) is 23.1 Å². The molecular weight excluding hydrogens is 410 g/mol. The first kappa shape index (κ1) is 19.3. The fourth-order valence-corrected chi connectivity index (χ4v) is 3.13. The molecule has 0 bridgehead atoms. The van der Waals surface area contributed by atoms with Gasteiger partial charge in [0, 0.05) is 0 Å². The highest BCUT2D eigenvalue weighted by atomic mass is 79.9. The summed E-state index contributed by atoms with van der Waals surface area (Å²) in [5, 5.41) is 0. The lowest BCUT2D eigenvalue weighted by Crippen LogP contribution is -3.00. The molecule has 0 atom stereocenters. The van der Waals surface area contributed by atoms with Crippen LogP contribution in [0.15, 0.2) is 47.9 Å². The summed E-state index contributed by atoms with van der Waals surface area (Å²) >= 11 is 0. The van der Waals surface area contributed by atoms with E-state index in [0.717, 1.165) is 6.54 Å². The topological polar surface area (TPSA) is 46.8 Å². The van der Waals surface area contributed by atoms with Crippen LogP contribution in [0.3, 0.4) is 0 Å². The second-order valence-electron chi connectivity index (χ2n) is 3.91. The zero-order chi connectivity index (χ0) is 13.2. The highest BCUT2D eigenvalue weighted by molar-refractivity contribution is 7.89. The van der Waals surface area contributed by atoms with Crippen molar-refractivity contribution in [3.05, 3.63) is 43.0 Å². The minimum Gasteiger partial charge on any atom is -1.00 e. The van der Waals surface area contributed by atoms with Crippen LogP contribution >= 0.6 is 0 Å². The van der Waals surface area contributed by atoms with Crippen molar-refractivity contribution in [1.29, 1.82) is 0 Å². The van der Waals surface area contributed by atoms with Gasteiger partial charge in [0.15, 0.2) is 6.54 Å². The van der Waals surface area contributed by atoms with Gasteiger partial charge in [0.05, 0.1) is 4.09 Å². The molecule has 2 aromatic rings. The van der Waals surface area contributed by atoms with E-state index in [9.17, 15) is 8.42 Å². The summed E-state index contributed by atoms with van der Waals surface area (Å²) in [6.45, 7) is 5.22. The number of hydrogen-bond donors (Lipinski definition) is 0. The molecule has 0 radical (unpaired) electrons. The molecule has 0 spiro atoms. The lowest BCUT2D eigenvalue weighted by atomic mass is 10.4. The van der Waals surface area contributed by atoms with Gasteiger partial charge in [-0.1, -0.05) is 18.2 Å². The van der Waals surface area contributed by atoms with Gasteiger partial charge >= 0.3 is 22.7 Å². The second kappa shape index (κ2) is 7.90. The van der Waals surface area contributed by atoms with Crippen molar-refractivity contribution >= 4 is 10.0 Å². The normalized spacial score (nSPS) is 10.5. The van der Waals surface area contributed by atoms with Gasteiger partial charge in [-0.25, -0.2) is 0 Å². The molecule has 0 aliphatic rings. The SMILES string of the molecule is CC[n+]1cn(S(=O)(=O)c2ccccc2)[n+](CC)c1.[Br-].[Br-]. The Bertz CT molecular complexity index is 642. The summed E-state index contributed by atoms with van der Waals surface area (Å²) in [5.74, 6) is 0. The number of aryl methyl sites for hydroxylation is 2. The Labute approximate surface area is 140 Å². The van der Waals surface area contributed by atoms with E-state index in [1.165, 1.54) is 4.09 Å². The van der Waals surface area contributed by atoms with Crippen molar-refractivity contribution < 1.29 is 51.6 Å². The van der Waals surface area contributed by atoms with E-state index in [2.05, 4.69) is 0 Å². The highest BCUT2D eigenvalue weighted by Gasteiger charge is 2.33. The van der Waals surface area contributed by atoms with E-state index < -0.39 is 10.0 Å². The quantitative estimate of drug-likeness (QED) is 0.457. The molecule has 0 unspecified atom stereocenters. The largest absolute Gasteiger partial charge is 1.00 e. The monoisotopic (exact) mass is 425 g/mol. The number of nitrogens with zero attached hydrogens (tertiary/aromatic N) is 3. The fourth-order valence-electron chi connectivity index (χ4n) is 1.73. The zero-order valence-electron chi connectivity index (χ0n) is 11.3. The third-order valence-corrected chi connectivity index (χ3v) is 4.42. The lowest BCUT2D eigenvalue weighted by Gasteiger charge is -1.96. The molecule has 1 aromatic carbocycles. The molecule has 0 N–H and O–H groups in total. The van der Waals surface area contributed by atoms with Crippen molar-refractivity contribution in [1.82, 2.24) is 4.09 Å². The van der Waals surface area contributed by atoms with Crippen molar-refractivity contribution in [2.75, 3.05) is 0 Å². The third kappa shape index (κ3) is 3.67. The summed E-state index contributed by atoms with van der Waals surface area (Å²) in [6.07, 6.45) is 3.40. The van der Waals surface area contributed by atoms with Gasteiger partial charge in [0.1, 0.15) is 11.4 Å². The smallest absolute Gasteiger partial charge is 0.398 e. The number of benzene rings is 1. The van der Waals surface area contributed by atoms with Crippen LogP contribution in [0.4, 0.5) is 0 Å². The predicted octanol–water partition coefficient (Wildman–Crippen LogP) is -5.65. The molecule has 0 aliphatic carbocycles. The Morgan fingerprint density at radius 3 is 2.15 bits per heavy atom. The van der Waals surface area contributed by atoms with E-state index in [4.69, 9.17) is 0 Å². The number of rotatable bonds is 4. The summed E-state index contributed by atoms with van der Waals surface area (Å²) < 4.78 is 29.7. The Morgan fingerprint density at radius 1 is 1.05 bits per heavy atom. The number of aromatic nitrogens is 3. The highest BCUT2D eigenvalue weighted by Crippen LogP contribution is 2.09. The molecule has 112 valence electrons. The summed E-state index contributed by atoms with van der Waals surface area (Å²) in [4.78, 5) is 0.297. The first-order valence-corrected chi connectivity index (χ1v) is 7.35. The Balaban J connectivity index is 0.00000180. The minimum absolute atomic E-state index is 0. The molecule has 0 aliphatic heterocycles. The van der Waals surface area contributed by atoms with Crippen LogP contribution in [0.2, 0.25) is 0 Å². The third-order valence-electron chi connectivity index (χ3n) is 2.76. The maximum absolute atomic E-state index is 12.5. The molecule has 0 saturated carbocycles. The summed E-state index contributed by atoms with van der Waals surface area (Å²) in [6, 6.07) is 8.45. The fraction of sp³-hybridized carbons (Fsp3) is 0.333. The number of halogens is 2. The standard InChI is InChI=1S/C12H17N3O2S.2BrH/c1-3-13-10-14(4-2)15(11-13)18(16,17)12-8-6-5-7-9-12;;/h5-11H,3-4H2,1-2H3;2*1H/q+2;;/p-2. The molecule has 0 fully saturated rings. The van der Waals surface area contributed by atoms with E-state index in [-0.39, 0.29) is 34.0 Å². The molecule has 8 heteroatoms. The average Bonchev–Trinajstić information content (AvgIpc) is 2.84. The Kier molecular flexibility index (Phi) is 7.61. The molecule has 1 heterocycles. The number of hydrogen-bond acceptors (Lipinski definition) is 2.